The van der Waals surface area contributed by atoms with Crippen LogP contribution in [0.3, 0.4) is 0 Å². The van der Waals surface area contributed by atoms with Gasteiger partial charge in [0.15, 0.2) is 17.3 Å². The molecule has 3 heterocycles. The van der Waals surface area contributed by atoms with Gasteiger partial charge in [-0.25, -0.2) is 0 Å². The third kappa shape index (κ3) is 3.67. The van der Waals surface area contributed by atoms with E-state index in [4.69, 9.17) is 18.6 Å². The van der Waals surface area contributed by atoms with Crippen LogP contribution in [0.15, 0.2) is 52.9 Å². The van der Waals surface area contributed by atoms with Gasteiger partial charge in [-0.15, -0.1) is 0 Å². The molecule has 2 aliphatic rings. The molecule has 0 bridgehead atoms. The first kappa shape index (κ1) is 20.4. The summed E-state index contributed by atoms with van der Waals surface area (Å²) in [6.07, 6.45) is -0.684. The Morgan fingerprint density at radius 1 is 0.969 bits per heavy atom. The number of ether oxygens (including phenoxy) is 3. The van der Waals surface area contributed by atoms with Gasteiger partial charge in [-0.1, -0.05) is 30.3 Å². The van der Waals surface area contributed by atoms with Gasteiger partial charge in [0, 0.05) is 44.2 Å². The molecule has 3 aromatic rings. The number of hydrogen-bond acceptors (Lipinski definition) is 6. The summed E-state index contributed by atoms with van der Waals surface area (Å²) in [6.45, 7) is 2.14. The van der Waals surface area contributed by atoms with Crippen molar-refractivity contribution in [3.8, 4) is 11.5 Å². The molecule has 0 spiro atoms. The molecule has 1 saturated heterocycles. The maximum Gasteiger partial charge on any atom is 0.290 e. The number of carbonyl (C=O) groups excluding carboxylic acids is 2. The molecule has 166 valence electrons. The number of methoxy groups -OCH3 is 1. The lowest BCUT2D eigenvalue weighted by atomic mass is 10.1. The second kappa shape index (κ2) is 8.55. The van der Waals surface area contributed by atoms with Crippen molar-refractivity contribution in [2.24, 2.45) is 0 Å². The molecule has 2 aliphatic heterocycles. The number of amides is 2. The third-order valence-corrected chi connectivity index (χ3v) is 5.84. The second-order valence-corrected chi connectivity index (χ2v) is 7.82. The van der Waals surface area contributed by atoms with Crippen LogP contribution in [0.5, 0.6) is 11.5 Å². The molecule has 1 fully saturated rings. The molecule has 0 aliphatic carbocycles. The topological polar surface area (TPSA) is 81.5 Å². The van der Waals surface area contributed by atoms with Crippen LogP contribution in [-0.2, 0) is 16.1 Å². The van der Waals surface area contributed by atoms with Crippen LogP contribution >= 0.6 is 0 Å². The van der Waals surface area contributed by atoms with E-state index in [9.17, 15) is 9.59 Å². The van der Waals surface area contributed by atoms with Gasteiger partial charge in [-0.2, -0.15) is 0 Å². The van der Waals surface area contributed by atoms with Gasteiger partial charge in [-0.3, -0.25) is 9.59 Å². The van der Waals surface area contributed by atoms with Gasteiger partial charge in [0.25, 0.3) is 11.8 Å². The monoisotopic (exact) mass is 436 g/mol. The molecule has 1 unspecified atom stereocenters. The van der Waals surface area contributed by atoms with E-state index in [2.05, 4.69) is 0 Å². The number of benzene rings is 2. The Kier molecular flexibility index (Phi) is 5.45. The average Bonchev–Trinajstić information content (AvgIpc) is 3.21. The lowest BCUT2D eigenvalue weighted by molar-refractivity contribution is -0.142. The molecule has 5 rings (SSSR count). The summed E-state index contributed by atoms with van der Waals surface area (Å²) in [6, 6.07) is 14.8. The molecule has 32 heavy (non-hydrogen) atoms. The van der Waals surface area contributed by atoms with Crippen LogP contribution in [0, 0.1) is 0 Å². The van der Waals surface area contributed by atoms with Gasteiger partial charge < -0.3 is 28.4 Å². The molecule has 8 nitrogen and oxygen atoms in total. The molecule has 2 aromatic carbocycles. The highest BCUT2D eigenvalue weighted by Crippen LogP contribution is 2.32. The molecular weight excluding hydrogens is 412 g/mol. The van der Waals surface area contributed by atoms with Crippen molar-refractivity contribution in [3.05, 3.63) is 59.9 Å². The fourth-order valence-electron chi connectivity index (χ4n) is 4.18. The fraction of sp³-hybridized carbons (Fsp3) is 0.333. The van der Waals surface area contributed by atoms with Crippen LogP contribution in [-0.4, -0.2) is 67.6 Å². The van der Waals surface area contributed by atoms with E-state index in [1.807, 2.05) is 42.5 Å². The van der Waals surface area contributed by atoms with Crippen LogP contribution in [0.25, 0.3) is 11.0 Å². The number of para-hydroxylation sites is 3. The quantitative estimate of drug-likeness (QED) is 0.626. The first-order chi connectivity index (χ1) is 15.7. The smallest absolute Gasteiger partial charge is 0.290 e. The molecule has 0 radical (unpaired) electrons. The third-order valence-electron chi connectivity index (χ3n) is 5.84. The molecular formula is C24H24N2O6. The summed E-state index contributed by atoms with van der Waals surface area (Å²) in [7, 11) is 1.59. The van der Waals surface area contributed by atoms with Crippen LogP contribution in [0.4, 0.5) is 0 Å². The van der Waals surface area contributed by atoms with E-state index in [1.165, 1.54) is 0 Å². The summed E-state index contributed by atoms with van der Waals surface area (Å²) in [5, 5.41) is 0.876. The number of fused-ring (bicyclic) bond motifs is 2. The Morgan fingerprint density at radius 2 is 1.66 bits per heavy atom. The number of piperazine rings is 1. The number of furan rings is 1. The minimum absolute atomic E-state index is 0.129. The van der Waals surface area contributed by atoms with Crippen LogP contribution < -0.4 is 9.47 Å². The molecule has 8 heteroatoms. The Labute approximate surface area is 185 Å². The Balaban J connectivity index is 1.25. The molecule has 0 saturated carbocycles. The van der Waals surface area contributed by atoms with Gasteiger partial charge in [0.1, 0.15) is 12.2 Å². The maximum absolute atomic E-state index is 13.2. The molecule has 2 amide bonds. The van der Waals surface area contributed by atoms with E-state index in [-0.39, 0.29) is 25.0 Å². The Bertz CT molecular complexity index is 1150. The lowest BCUT2D eigenvalue weighted by Gasteiger charge is -2.37. The molecule has 1 atom stereocenters. The highest BCUT2D eigenvalue weighted by molar-refractivity contribution is 5.99. The van der Waals surface area contributed by atoms with E-state index < -0.39 is 6.10 Å². The first-order valence-electron chi connectivity index (χ1n) is 10.6. The second-order valence-electron chi connectivity index (χ2n) is 7.82. The van der Waals surface area contributed by atoms with Gasteiger partial charge in [0.2, 0.25) is 6.10 Å². The summed E-state index contributed by atoms with van der Waals surface area (Å²) in [5.41, 5.74) is 1.41. The molecule has 1 aromatic heterocycles. The van der Waals surface area contributed by atoms with Crippen molar-refractivity contribution in [3.63, 3.8) is 0 Å². The van der Waals surface area contributed by atoms with Gasteiger partial charge >= 0.3 is 0 Å². The van der Waals surface area contributed by atoms with Crippen molar-refractivity contribution in [2.45, 2.75) is 12.7 Å². The van der Waals surface area contributed by atoms with E-state index >= 15 is 0 Å². The summed E-state index contributed by atoms with van der Waals surface area (Å²) < 4.78 is 22.7. The zero-order valence-corrected chi connectivity index (χ0v) is 17.8. The SMILES string of the molecule is COCc1c(C(=O)N2CCN(C(=O)C3COc4ccccc4O3)CC2)oc2ccccc12. The lowest BCUT2D eigenvalue weighted by Crippen LogP contribution is -2.55. The maximum atomic E-state index is 13.2. The summed E-state index contributed by atoms with van der Waals surface area (Å²) in [4.78, 5) is 29.6. The minimum atomic E-state index is -0.684. The number of hydrogen-bond donors (Lipinski definition) is 0. The zero-order valence-electron chi connectivity index (χ0n) is 17.8. The summed E-state index contributed by atoms with van der Waals surface area (Å²) >= 11 is 0. The largest absolute Gasteiger partial charge is 0.485 e. The average molecular weight is 436 g/mol. The van der Waals surface area contributed by atoms with E-state index in [1.54, 1.807) is 23.0 Å². The molecule has 0 N–H and O–H groups in total. The normalized spacial score (nSPS) is 18.1. The van der Waals surface area contributed by atoms with Crippen molar-refractivity contribution in [2.75, 3.05) is 39.9 Å². The van der Waals surface area contributed by atoms with Crippen LogP contribution in [0.1, 0.15) is 16.1 Å². The van der Waals surface area contributed by atoms with Crippen molar-refractivity contribution in [1.29, 1.82) is 0 Å². The number of carbonyl (C=O) groups is 2. The zero-order chi connectivity index (χ0) is 22.1. The minimum Gasteiger partial charge on any atom is -0.485 e. The van der Waals surface area contributed by atoms with Crippen molar-refractivity contribution >= 4 is 22.8 Å². The van der Waals surface area contributed by atoms with Gasteiger partial charge in [0.05, 0.1) is 6.61 Å². The Hall–Kier alpha value is -3.52. The standard InChI is InChI=1S/C24H24N2O6/c1-29-14-17-16-6-2-3-7-18(16)32-22(17)24(28)26-12-10-25(11-13-26)23(27)21-15-30-19-8-4-5-9-20(19)31-21/h2-9,21H,10-15H2,1H3. The predicted molar refractivity (Wildman–Crippen MR) is 116 cm³/mol. The van der Waals surface area contributed by atoms with Crippen LogP contribution in [0.2, 0.25) is 0 Å². The summed E-state index contributed by atoms with van der Waals surface area (Å²) in [5.74, 6) is 1.20. The highest BCUT2D eigenvalue weighted by Gasteiger charge is 2.34. The number of rotatable bonds is 4. The highest BCUT2D eigenvalue weighted by atomic mass is 16.6. The van der Waals surface area contributed by atoms with E-state index in [0.717, 1.165) is 10.9 Å². The predicted octanol–water partition coefficient (Wildman–Crippen LogP) is 2.70. The fourth-order valence-corrected chi connectivity index (χ4v) is 4.18. The first-order valence-corrected chi connectivity index (χ1v) is 10.6. The van der Waals surface area contributed by atoms with E-state index in [0.29, 0.717) is 49.0 Å². The van der Waals surface area contributed by atoms with Gasteiger partial charge in [-0.05, 0) is 18.2 Å². The van der Waals surface area contributed by atoms with Crippen molar-refractivity contribution in [1.82, 2.24) is 9.80 Å². The van der Waals surface area contributed by atoms with Crippen molar-refractivity contribution < 1.29 is 28.2 Å². The Morgan fingerprint density at radius 3 is 2.44 bits per heavy atom. The number of nitrogens with zero attached hydrogens (tertiary/aromatic N) is 2.